The average Bonchev–Trinajstić information content (AvgIpc) is 2.31. The van der Waals surface area contributed by atoms with Crippen LogP contribution in [-0.4, -0.2) is 29.0 Å². The van der Waals surface area contributed by atoms with Crippen LogP contribution in [0.2, 0.25) is 0 Å². The fourth-order valence-electron chi connectivity index (χ4n) is 2.50. The Morgan fingerprint density at radius 1 is 1.35 bits per heavy atom. The van der Waals surface area contributed by atoms with Gasteiger partial charge in [-0.3, -0.25) is 0 Å². The molecule has 1 aromatic rings. The van der Waals surface area contributed by atoms with E-state index in [0.717, 1.165) is 0 Å². The van der Waals surface area contributed by atoms with Crippen LogP contribution in [0.1, 0.15) is 39.2 Å². The molecule has 0 aromatic carbocycles. The van der Waals surface area contributed by atoms with Gasteiger partial charge in [0.05, 0.1) is 0 Å². The summed E-state index contributed by atoms with van der Waals surface area (Å²) in [6, 6.07) is 4.76. The summed E-state index contributed by atoms with van der Waals surface area (Å²) in [5, 5.41) is 0. The quantitative estimate of drug-likeness (QED) is 0.781. The Hall–Kier alpha value is 0.214. The minimum absolute atomic E-state index is 0. The maximum Gasteiger partial charge on any atom is 0.00386 e. The predicted molar refractivity (Wildman–Crippen MR) is 66.4 cm³/mol. The minimum atomic E-state index is 0. The third-order valence-corrected chi connectivity index (χ3v) is 3.94. The van der Waals surface area contributed by atoms with Crippen molar-refractivity contribution < 1.29 is 32.7 Å². The van der Waals surface area contributed by atoms with E-state index in [0.29, 0.717) is 11.5 Å². The number of pyridine rings is 1. The Labute approximate surface area is 130 Å². The molecular formula is C14H21N2Y-. The summed E-state index contributed by atoms with van der Waals surface area (Å²) in [4.78, 5) is 6.68. The van der Waals surface area contributed by atoms with Crippen LogP contribution in [0.25, 0.3) is 0 Å². The van der Waals surface area contributed by atoms with E-state index in [1.165, 1.54) is 31.5 Å². The summed E-state index contributed by atoms with van der Waals surface area (Å²) in [5.41, 5.74) is 1.68. The van der Waals surface area contributed by atoms with Crippen molar-refractivity contribution in [1.29, 1.82) is 0 Å². The van der Waals surface area contributed by atoms with Gasteiger partial charge >= 0.3 is 0 Å². The van der Waals surface area contributed by atoms with Gasteiger partial charge in [0.2, 0.25) is 0 Å². The van der Waals surface area contributed by atoms with E-state index in [-0.39, 0.29) is 32.7 Å². The van der Waals surface area contributed by atoms with Crippen LogP contribution < -0.4 is 0 Å². The van der Waals surface area contributed by atoms with Gasteiger partial charge in [0.15, 0.2) is 0 Å². The molecule has 0 atom stereocenters. The van der Waals surface area contributed by atoms with E-state index in [4.69, 9.17) is 0 Å². The largest absolute Gasteiger partial charge is 0.394 e. The van der Waals surface area contributed by atoms with E-state index in [9.17, 15) is 0 Å². The van der Waals surface area contributed by atoms with E-state index in [1.54, 1.807) is 0 Å². The summed E-state index contributed by atoms with van der Waals surface area (Å²) < 4.78 is 0. The zero-order valence-electron chi connectivity index (χ0n) is 11.1. The van der Waals surface area contributed by atoms with Crippen molar-refractivity contribution in [2.75, 3.05) is 13.1 Å². The number of likely N-dealkylation sites (tertiary alicyclic amines) is 1. The molecule has 2 nitrogen and oxygen atoms in total. The average molecular weight is 306 g/mol. The Morgan fingerprint density at radius 3 is 2.47 bits per heavy atom. The first kappa shape index (κ1) is 15.3. The fourth-order valence-corrected chi connectivity index (χ4v) is 2.50. The van der Waals surface area contributed by atoms with Crippen LogP contribution in [0, 0.1) is 6.20 Å². The van der Waals surface area contributed by atoms with E-state index in [2.05, 4.69) is 42.9 Å². The van der Waals surface area contributed by atoms with Crippen molar-refractivity contribution >= 4 is 0 Å². The normalized spacial score (nSPS) is 20.0. The number of nitrogens with zero attached hydrogens (tertiary/aromatic N) is 2. The first-order valence-electron chi connectivity index (χ1n) is 6.18. The molecular weight excluding hydrogens is 285 g/mol. The molecule has 2 heterocycles. The third-order valence-electron chi connectivity index (χ3n) is 3.94. The van der Waals surface area contributed by atoms with Crippen LogP contribution in [0.4, 0.5) is 0 Å². The van der Waals surface area contributed by atoms with Gasteiger partial charge in [-0.05, 0) is 45.2 Å². The second kappa shape index (κ2) is 6.40. The molecule has 1 fully saturated rings. The molecule has 0 bridgehead atoms. The van der Waals surface area contributed by atoms with Crippen LogP contribution in [0.15, 0.2) is 18.3 Å². The maximum atomic E-state index is 4.12. The van der Waals surface area contributed by atoms with Gasteiger partial charge in [-0.2, -0.15) is 12.1 Å². The summed E-state index contributed by atoms with van der Waals surface area (Å²) in [6.07, 6.45) is 7.30. The van der Waals surface area contributed by atoms with E-state index >= 15 is 0 Å². The molecule has 2 rings (SSSR count). The van der Waals surface area contributed by atoms with Gasteiger partial charge in [-0.25, -0.2) is 0 Å². The number of aromatic nitrogens is 1. The number of rotatable bonds is 2. The molecule has 0 N–H and O–H groups in total. The van der Waals surface area contributed by atoms with E-state index < -0.39 is 0 Å². The summed E-state index contributed by atoms with van der Waals surface area (Å²) >= 11 is 0. The van der Waals surface area contributed by atoms with Gasteiger partial charge < -0.3 is 9.88 Å². The van der Waals surface area contributed by atoms with Gasteiger partial charge in [0.1, 0.15) is 0 Å². The summed E-state index contributed by atoms with van der Waals surface area (Å²) in [6.45, 7) is 9.32. The van der Waals surface area contributed by atoms with Gasteiger partial charge in [-0.15, -0.1) is 5.56 Å². The number of piperidine rings is 1. The molecule has 3 heteroatoms. The van der Waals surface area contributed by atoms with Crippen LogP contribution >= 0.6 is 0 Å². The zero-order valence-corrected chi connectivity index (χ0v) is 13.9. The molecule has 0 spiro atoms. The molecule has 0 saturated carbocycles. The Bertz CT molecular complexity index is 329. The second-order valence-corrected chi connectivity index (χ2v) is 5.37. The third kappa shape index (κ3) is 3.59. The summed E-state index contributed by atoms with van der Waals surface area (Å²) in [5.74, 6) is 0. The van der Waals surface area contributed by atoms with Crippen LogP contribution in [0.5, 0.6) is 0 Å². The Balaban J connectivity index is 0.00000144. The van der Waals surface area contributed by atoms with Gasteiger partial charge in [-0.1, -0.05) is 19.3 Å². The predicted octanol–water partition coefficient (Wildman–Crippen LogP) is 2.64. The zero-order chi connectivity index (χ0) is 11.6. The molecule has 1 saturated heterocycles. The standard InChI is InChI=1S/C14H21N2.Y/c1-12(2)16-9-6-14(3,7-10-16)13-5-4-8-15-11-13;/h4-5,11-12H,6-7,9-10H2,1-3H3;/q-1;. The molecule has 17 heavy (non-hydrogen) atoms. The minimum Gasteiger partial charge on any atom is -0.394 e. The van der Waals surface area contributed by atoms with Crippen molar-refractivity contribution in [3.05, 3.63) is 30.1 Å². The van der Waals surface area contributed by atoms with E-state index in [1.807, 2.05) is 12.3 Å². The summed E-state index contributed by atoms with van der Waals surface area (Å²) in [7, 11) is 0. The maximum absolute atomic E-state index is 4.12. The molecule has 1 aromatic heterocycles. The van der Waals surface area contributed by atoms with Crippen molar-refractivity contribution in [3.63, 3.8) is 0 Å². The first-order chi connectivity index (χ1) is 7.62. The van der Waals surface area contributed by atoms with Crippen molar-refractivity contribution in [2.24, 2.45) is 0 Å². The number of hydrogen-bond acceptors (Lipinski definition) is 2. The van der Waals surface area contributed by atoms with Gasteiger partial charge in [0, 0.05) is 38.8 Å². The van der Waals surface area contributed by atoms with Crippen molar-refractivity contribution in [2.45, 2.75) is 45.1 Å². The molecule has 0 amide bonds. The van der Waals surface area contributed by atoms with Crippen LogP contribution in [0.3, 0.4) is 0 Å². The monoisotopic (exact) mass is 306 g/mol. The Morgan fingerprint density at radius 2 is 2.00 bits per heavy atom. The van der Waals surface area contributed by atoms with Crippen LogP contribution in [-0.2, 0) is 38.1 Å². The molecule has 0 unspecified atom stereocenters. The van der Waals surface area contributed by atoms with Crippen molar-refractivity contribution in [1.82, 2.24) is 9.88 Å². The first-order valence-corrected chi connectivity index (χ1v) is 6.18. The smallest absolute Gasteiger partial charge is 0.00386 e. The molecule has 1 radical (unpaired) electrons. The Kier molecular flexibility index (Phi) is 5.75. The molecule has 91 valence electrons. The van der Waals surface area contributed by atoms with Gasteiger partial charge in [0.25, 0.3) is 0 Å². The van der Waals surface area contributed by atoms with Crippen molar-refractivity contribution in [3.8, 4) is 0 Å². The molecule has 0 aliphatic carbocycles. The molecule has 1 aliphatic heterocycles. The fraction of sp³-hybridized carbons (Fsp3) is 0.643. The SMILES string of the molecule is CC(C)N1CCC(C)(c2cc[c-]nc2)CC1.[Y]. The topological polar surface area (TPSA) is 16.1 Å². The number of hydrogen-bond donors (Lipinski definition) is 0. The molecule has 1 aliphatic rings. The second-order valence-electron chi connectivity index (χ2n) is 5.37.